The summed E-state index contributed by atoms with van der Waals surface area (Å²) < 4.78 is 15.0. The second-order valence-corrected chi connectivity index (χ2v) is 13.3. The minimum Gasteiger partial charge on any atom is -0.0312 e. The maximum absolute atomic E-state index is 7.50. The van der Waals surface area contributed by atoms with Gasteiger partial charge in [-0.15, -0.1) is 0 Å². The molecule has 2 atom stereocenters. The van der Waals surface area contributed by atoms with Crippen molar-refractivity contribution < 1.29 is 30.4 Å². The fourth-order valence-corrected chi connectivity index (χ4v) is 6.76. The normalized spacial score (nSPS) is 15.2. The average Bonchev–Trinajstić information content (AvgIpc) is 2.89. The Morgan fingerprint density at radius 1 is 0.810 bits per heavy atom. The molecule has 0 saturated heterocycles. The Kier molecular flexibility index (Phi) is 25.4. The van der Waals surface area contributed by atoms with Gasteiger partial charge in [0.1, 0.15) is 0 Å². The number of hydrogen-bond acceptors (Lipinski definition) is 0. The summed E-state index contributed by atoms with van der Waals surface area (Å²) in [6.45, 7) is 22.1. The van der Waals surface area contributed by atoms with Gasteiger partial charge in [0.2, 0.25) is 0 Å². The first-order valence-corrected chi connectivity index (χ1v) is 10.0. The van der Waals surface area contributed by atoms with Gasteiger partial charge < -0.3 is 0 Å². The van der Waals surface area contributed by atoms with E-state index in [9.17, 15) is 0 Å². The van der Waals surface area contributed by atoms with Crippen LogP contribution in [0, 0.1) is 45.4 Å². The van der Waals surface area contributed by atoms with Crippen molar-refractivity contribution in [3.05, 3.63) is 45.4 Å². The van der Waals surface area contributed by atoms with Crippen LogP contribution < -0.4 is 0 Å². The molecule has 0 aromatic heterocycles. The molecule has 0 bridgehead atoms. The molecule has 0 spiro atoms. The maximum atomic E-state index is 7.50. The van der Waals surface area contributed by atoms with E-state index in [-0.39, 0.29) is 28.0 Å². The molecular formula is C15H24ClO2P2W. The van der Waals surface area contributed by atoms with Crippen LogP contribution in [0.25, 0.3) is 0 Å². The third-order valence-electron chi connectivity index (χ3n) is 1.58. The minimum absolute atomic E-state index is 0. The Hall–Kier alpha value is 1.32. The largest absolute Gasteiger partial charge is 0.0312 e. The van der Waals surface area contributed by atoms with Crippen LogP contribution in [-0.2, 0) is 30.4 Å². The van der Waals surface area contributed by atoms with Crippen molar-refractivity contribution in [3.8, 4) is 0 Å². The van der Waals surface area contributed by atoms with Crippen molar-refractivity contribution >= 4 is 26.5 Å². The smallest absolute Gasteiger partial charge is 0 e. The van der Waals surface area contributed by atoms with Crippen LogP contribution in [0.4, 0.5) is 0 Å². The van der Waals surface area contributed by atoms with E-state index in [4.69, 9.17) is 20.5 Å². The van der Waals surface area contributed by atoms with Gasteiger partial charge in [-0.05, 0) is 42.4 Å². The van der Waals surface area contributed by atoms with Crippen molar-refractivity contribution in [1.29, 1.82) is 0 Å². The summed E-state index contributed by atoms with van der Waals surface area (Å²) in [5.74, 6) is 0. The van der Waals surface area contributed by atoms with Gasteiger partial charge in [-0.1, -0.05) is 61.1 Å². The van der Waals surface area contributed by atoms with Crippen LogP contribution in [0.5, 0.6) is 0 Å². The summed E-state index contributed by atoms with van der Waals surface area (Å²) in [5.41, 5.74) is 0. The third kappa shape index (κ3) is 26.5. The standard InChI is InChI=1S/C8H19ClP2.C5H5.2CO.W/c1-7(2,3)10-11(9)8(4,5)6;1-2-4-5-3-1;2*1-2;/h10H,1-6H3;1-5H;;;. The molecule has 0 amide bonds. The quantitative estimate of drug-likeness (QED) is 0.241. The molecule has 1 aliphatic carbocycles. The molecule has 1 fully saturated rings. The second kappa shape index (κ2) is 17.7. The minimum atomic E-state index is -0.310. The molecule has 0 aromatic rings. The third-order valence-corrected chi connectivity index (χ3v) is 10.5. The van der Waals surface area contributed by atoms with E-state index in [1.807, 2.05) is 32.1 Å². The molecule has 0 heterocycles. The first-order valence-electron chi connectivity index (χ1n) is 5.94. The molecule has 6 heteroatoms. The molecule has 5 radical (unpaired) electrons. The average molecular weight is 518 g/mol. The molecule has 0 aromatic carbocycles. The zero-order chi connectivity index (χ0) is 16.8. The van der Waals surface area contributed by atoms with Gasteiger partial charge in [-0.2, -0.15) is 0 Å². The molecule has 119 valence electrons. The predicted octanol–water partition coefficient (Wildman–Crippen LogP) is 5.76. The van der Waals surface area contributed by atoms with Crippen molar-refractivity contribution in [3.63, 3.8) is 0 Å². The van der Waals surface area contributed by atoms with Crippen LogP contribution in [0.2, 0.25) is 0 Å². The number of rotatable bonds is 1. The van der Waals surface area contributed by atoms with Crippen molar-refractivity contribution in [2.45, 2.75) is 51.9 Å². The molecule has 21 heavy (non-hydrogen) atoms. The second-order valence-electron chi connectivity index (χ2n) is 5.78. The molecule has 1 aliphatic rings. The van der Waals surface area contributed by atoms with Crippen LogP contribution in [0.3, 0.4) is 0 Å². The summed E-state index contributed by atoms with van der Waals surface area (Å²) >= 11 is 6.32. The van der Waals surface area contributed by atoms with Crippen molar-refractivity contribution in [2.75, 3.05) is 0 Å². The van der Waals surface area contributed by atoms with Crippen LogP contribution in [0.1, 0.15) is 41.5 Å². The molecule has 0 N–H and O–H groups in total. The molecule has 0 aliphatic heterocycles. The fourth-order valence-electron chi connectivity index (χ4n) is 0.783. The van der Waals surface area contributed by atoms with Gasteiger partial charge in [0.15, 0.2) is 0 Å². The topological polar surface area (TPSA) is 39.8 Å². The predicted molar refractivity (Wildman–Crippen MR) is 90.0 cm³/mol. The fraction of sp³-hybridized carbons (Fsp3) is 0.533. The molecule has 2 nitrogen and oxygen atoms in total. The van der Waals surface area contributed by atoms with E-state index in [1.165, 1.54) is 0 Å². The Labute approximate surface area is 153 Å². The van der Waals surface area contributed by atoms with Gasteiger partial charge in [-0.3, -0.25) is 0 Å². The van der Waals surface area contributed by atoms with Crippen LogP contribution >= 0.6 is 26.5 Å². The Balaban J connectivity index is -0.000000121. The Morgan fingerprint density at radius 3 is 1.14 bits per heavy atom. The van der Waals surface area contributed by atoms with E-state index in [2.05, 4.69) is 54.8 Å². The zero-order valence-electron chi connectivity index (χ0n) is 13.4. The molecule has 1 rings (SSSR count). The van der Waals surface area contributed by atoms with E-state index in [0.717, 1.165) is 8.27 Å². The maximum Gasteiger partial charge on any atom is 0 e. The molecule has 1 saturated carbocycles. The van der Waals surface area contributed by atoms with E-state index in [1.54, 1.807) is 0 Å². The van der Waals surface area contributed by atoms with Gasteiger partial charge >= 0.3 is 22.6 Å². The Morgan fingerprint density at radius 2 is 1.05 bits per heavy atom. The van der Waals surface area contributed by atoms with Gasteiger partial charge in [0, 0.05) is 28.0 Å². The van der Waals surface area contributed by atoms with Crippen LogP contribution in [0.15, 0.2) is 0 Å². The van der Waals surface area contributed by atoms with Gasteiger partial charge in [0.25, 0.3) is 0 Å². The SMILES string of the molecule is CC(C)(C)PP(Cl)C(C)(C)C.[C-]#[O+].[C-]#[O+].[CH]1[CH][CH][CH][CH]1.[W]. The monoisotopic (exact) mass is 517 g/mol. The van der Waals surface area contributed by atoms with E-state index in [0.29, 0.717) is 10.3 Å². The Bertz CT molecular complexity index is 240. The summed E-state index contributed by atoms with van der Waals surface area (Å²) in [6, 6.07) is 0. The summed E-state index contributed by atoms with van der Waals surface area (Å²) in [7, 11) is 0.897. The van der Waals surface area contributed by atoms with Gasteiger partial charge in [-0.25, -0.2) is 0 Å². The van der Waals surface area contributed by atoms with Crippen molar-refractivity contribution in [2.24, 2.45) is 0 Å². The first-order chi connectivity index (χ1) is 9.13. The van der Waals surface area contributed by atoms with Crippen molar-refractivity contribution in [1.82, 2.24) is 0 Å². The zero-order valence-corrected chi connectivity index (χ0v) is 19.0. The number of halogens is 1. The molecular weight excluding hydrogens is 493 g/mol. The summed E-state index contributed by atoms with van der Waals surface area (Å²) in [4.78, 5) is 0. The van der Waals surface area contributed by atoms with Gasteiger partial charge in [0.05, 0.1) is 0 Å². The van der Waals surface area contributed by atoms with E-state index >= 15 is 0 Å². The molecule has 2 unspecified atom stereocenters. The summed E-state index contributed by atoms with van der Waals surface area (Å²) in [5, 5.41) is 0.712. The van der Waals surface area contributed by atoms with E-state index < -0.39 is 0 Å². The first kappa shape index (κ1) is 30.2. The van der Waals surface area contributed by atoms with Crippen LogP contribution in [-0.4, -0.2) is 10.3 Å². The summed E-state index contributed by atoms with van der Waals surface area (Å²) in [6.07, 6.45) is 10.0. The number of hydrogen-bond donors (Lipinski definition) is 0.